The number of nitrogen functional groups attached to an aromatic ring is 1. The van der Waals surface area contributed by atoms with Gasteiger partial charge in [-0.3, -0.25) is 0 Å². The van der Waals surface area contributed by atoms with E-state index in [0.29, 0.717) is 11.4 Å². The van der Waals surface area contributed by atoms with E-state index in [-0.39, 0.29) is 0 Å². The van der Waals surface area contributed by atoms with E-state index >= 15 is 0 Å². The van der Waals surface area contributed by atoms with Gasteiger partial charge in [0, 0.05) is 12.3 Å². The van der Waals surface area contributed by atoms with Crippen LogP contribution in [0.4, 0.5) is 5.82 Å². The largest absolute Gasteiger partial charge is 0.383 e. The zero-order chi connectivity index (χ0) is 6.69. The van der Waals surface area contributed by atoms with Gasteiger partial charge in [-0.25, -0.2) is 4.98 Å². The Labute approximate surface area is 52.7 Å². The molecule has 0 aromatic carbocycles. The fourth-order valence-corrected chi connectivity index (χ4v) is 0.426. The molecule has 0 aliphatic heterocycles. The third-order valence-electron chi connectivity index (χ3n) is 0.847. The molecule has 1 aromatic rings. The number of aromatic nitrogens is 1. The fourth-order valence-electron chi connectivity index (χ4n) is 0.426. The molecule has 0 saturated heterocycles. The number of hydrogen-bond donors (Lipinski definition) is 1. The Morgan fingerprint density at radius 2 is 2.56 bits per heavy atom. The fraction of sp³-hybridized carbons (Fsp3) is 0. The van der Waals surface area contributed by atoms with Crippen LogP contribution in [0.15, 0.2) is 12.3 Å². The first-order chi connectivity index (χ1) is 4.33. The minimum Gasteiger partial charge on any atom is -0.383 e. The first-order valence-electron chi connectivity index (χ1n) is 2.36. The summed E-state index contributed by atoms with van der Waals surface area (Å²) in [4.78, 5) is 3.65. The number of nitrogens with zero attached hydrogens (tertiary/aromatic N) is 2. The van der Waals surface area contributed by atoms with Crippen LogP contribution >= 0.6 is 0 Å². The van der Waals surface area contributed by atoms with E-state index in [1.165, 1.54) is 12.3 Å². The molecule has 1 rings (SSSR count). The second-order valence-electron chi connectivity index (χ2n) is 1.50. The average molecular weight is 118 g/mol. The predicted octanol–water partition coefficient (Wildman–Crippen LogP) is 0.336. The maximum absolute atomic E-state index is 8.28. The zero-order valence-electron chi connectivity index (χ0n) is 4.63. The van der Waals surface area contributed by atoms with Gasteiger partial charge >= 0.3 is 0 Å². The maximum Gasteiger partial charge on any atom is 0.131 e. The zero-order valence-corrected chi connectivity index (χ0v) is 4.63. The summed E-state index contributed by atoms with van der Waals surface area (Å²) in [6.07, 6.45) is 1.41. The average Bonchev–Trinajstić information content (AvgIpc) is 1.90. The van der Waals surface area contributed by atoms with E-state index in [9.17, 15) is 0 Å². The monoisotopic (exact) mass is 118 g/mol. The number of hydrogen-bond acceptors (Lipinski definition) is 3. The third-order valence-corrected chi connectivity index (χ3v) is 0.847. The highest BCUT2D eigenvalue weighted by Crippen LogP contribution is 1.96. The van der Waals surface area contributed by atoms with Crippen LogP contribution < -0.4 is 5.73 Å². The van der Waals surface area contributed by atoms with Crippen molar-refractivity contribution >= 4 is 5.82 Å². The van der Waals surface area contributed by atoms with Crippen LogP contribution in [0.1, 0.15) is 5.56 Å². The molecule has 0 bridgehead atoms. The van der Waals surface area contributed by atoms with Crippen molar-refractivity contribution in [3.63, 3.8) is 0 Å². The van der Waals surface area contributed by atoms with Gasteiger partial charge in [-0.05, 0) is 6.07 Å². The van der Waals surface area contributed by atoms with Gasteiger partial charge in [-0.1, -0.05) is 0 Å². The Balaban J connectivity index is 3.06. The van der Waals surface area contributed by atoms with Crippen LogP contribution in [0.3, 0.4) is 0 Å². The van der Waals surface area contributed by atoms with Crippen molar-refractivity contribution in [2.75, 3.05) is 5.73 Å². The number of anilines is 1. The Kier molecular flexibility index (Phi) is 1.32. The van der Waals surface area contributed by atoms with E-state index in [1.54, 1.807) is 0 Å². The number of rotatable bonds is 0. The normalized spacial score (nSPS) is 8.33. The molecule has 43 valence electrons. The molecule has 3 heteroatoms. The SMILES string of the molecule is N#Cc1c[c]c(N)nc1. The molecule has 0 amide bonds. The smallest absolute Gasteiger partial charge is 0.131 e. The van der Waals surface area contributed by atoms with Gasteiger partial charge in [0.25, 0.3) is 0 Å². The van der Waals surface area contributed by atoms with Crippen LogP contribution in [0.2, 0.25) is 0 Å². The second-order valence-corrected chi connectivity index (χ2v) is 1.50. The van der Waals surface area contributed by atoms with E-state index < -0.39 is 0 Å². The van der Waals surface area contributed by atoms with E-state index in [4.69, 9.17) is 11.0 Å². The lowest BCUT2D eigenvalue weighted by Crippen LogP contribution is -1.88. The number of nitriles is 1. The highest BCUT2D eigenvalue weighted by atomic mass is 14.8. The molecular formula is C6H4N3. The van der Waals surface area contributed by atoms with Crippen molar-refractivity contribution in [1.29, 1.82) is 5.26 Å². The lowest BCUT2D eigenvalue weighted by atomic mass is 10.3. The molecule has 1 aromatic heterocycles. The van der Waals surface area contributed by atoms with Crippen LogP contribution in [0.25, 0.3) is 0 Å². The Hall–Kier alpha value is -1.56. The summed E-state index contributed by atoms with van der Waals surface area (Å²) >= 11 is 0. The molecule has 0 aliphatic carbocycles. The molecule has 0 atom stereocenters. The van der Waals surface area contributed by atoms with Gasteiger partial charge in [0.2, 0.25) is 0 Å². The van der Waals surface area contributed by atoms with Crippen LogP contribution in [-0.4, -0.2) is 4.98 Å². The highest BCUT2D eigenvalue weighted by Gasteiger charge is 1.87. The summed E-state index contributed by atoms with van der Waals surface area (Å²) in [6.45, 7) is 0. The van der Waals surface area contributed by atoms with E-state index in [1.807, 2.05) is 6.07 Å². The first kappa shape index (κ1) is 5.57. The summed E-state index contributed by atoms with van der Waals surface area (Å²) in [5.41, 5.74) is 5.68. The molecule has 1 heterocycles. The lowest BCUT2D eigenvalue weighted by molar-refractivity contribution is 1.30. The van der Waals surface area contributed by atoms with E-state index in [2.05, 4.69) is 11.1 Å². The quantitative estimate of drug-likeness (QED) is 0.534. The number of pyridine rings is 1. The summed E-state index contributed by atoms with van der Waals surface area (Å²) in [5.74, 6) is 0.314. The molecule has 0 spiro atoms. The van der Waals surface area contributed by atoms with Gasteiger partial charge in [0.05, 0.1) is 5.56 Å². The molecule has 0 saturated carbocycles. The molecule has 0 unspecified atom stereocenters. The Morgan fingerprint density at radius 3 is 3.00 bits per heavy atom. The highest BCUT2D eigenvalue weighted by molar-refractivity contribution is 5.33. The van der Waals surface area contributed by atoms with Crippen LogP contribution in [0.5, 0.6) is 0 Å². The van der Waals surface area contributed by atoms with Crippen molar-refractivity contribution in [2.45, 2.75) is 0 Å². The van der Waals surface area contributed by atoms with E-state index in [0.717, 1.165) is 0 Å². The Bertz CT molecular complexity index is 231. The number of nitrogens with two attached hydrogens (primary N) is 1. The molecule has 2 N–H and O–H groups in total. The standard InChI is InChI=1S/C6H4N3/c7-3-5-1-2-6(8)9-4-5/h1,4H,(H2,8,9). The molecule has 0 aliphatic rings. The van der Waals surface area contributed by atoms with Gasteiger partial charge in [0.15, 0.2) is 0 Å². The van der Waals surface area contributed by atoms with Crippen molar-refractivity contribution < 1.29 is 0 Å². The molecule has 0 fully saturated rings. The molecular weight excluding hydrogens is 114 g/mol. The van der Waals surface area contributed by atoms with Crippen LogP contribution in [-0.2, 0) is 0 Å². The second kappa shape index (κ2) is 2.14. The van der Waals surface area contributed by atoms with Crippen LogP contribution in [0, 0.1) is 17.4 Å². The van der Waals surface area contributed by atoms with Gasteiger partial charge in [-0.2, -0.15) is 5.26 Å². The minimum absolute atomic E-state index is 0.314. The summed E-state index contributed by atoms with van der Waals surface area (Å²) in [5, 5.41) is 8.28. The predicted molar refractivity (Wildman–Crippen MR) is 32.2 cm³/mol. The molecule has 9 heavy (non-hydrogen) atoms. The maximum atomic E-state index is 8.28. The van der Waals surface area contributed by atoms with Gasteiger partial charge in [-0.15, -0.1) is 0 Å². The van der Waals surface area contributed by atoms with Crippen molar-refractivity contribution in [1.82, 2.24) is 4.98 Å². The van der Waals surface area contributed by atoms with Crippen molar-refractivity contribution in [3.05, 3.63) is 23.9 Å². The minimum atomic E-state index is 0.314. The summed E-state index contributed by atoms with van der Waals surface area (Å²) in [7, 11) is 0. The van der Waals surface area contributed by atoms with Gasteiger partial charge in [0.1, 0.15) is 11.9 Å². The van der Waals surface area contributed by atoms with Crippen molar-refractivity contribution in [3.8, 4) is 6.07 Å². The third kappa shape index (κ3) is 1.16. The Morgan fingerprint density at radius 1 is 1.78 bits per heavy atom. The molecule has 3 nitrogen and oxygen atoms in total. The lowest BCUT2D eigenvalue weighted by Gasteiger charge is -1.86. The first-order valence-corrected chi connectivity index (χ1v) is 2.36. The van der Waals surface area contributed by atoms with Crippen molar-refractivity contribution in [2.24, 2.45) is 0 Å². The van der Waals surface area contributed by atoms with Gasteiger partial charge < -0.3 is 5.73 Å². The topological polar surface area (TPSA) is 62.7 Å². The summed E-state index contributed by atoms with van der Waals surface area (Å²) in [6, 6.07) is 6.00. The molecule has 1 radical (unpaired) electrons. The summed E-state index contributed by atoms with van der Waals surface area (Å²) < 4.78 is 0.